The quantitative estimate of drug-likeness (QED) is 0.183. The number of amides is 3. The smallest absolute Gasteiger partial charge is 0.328 e. The Kier molecular flexibility index (Phi) is 13.9. The molecule has 0 fully saturated rings. The Balaban J connectivity index is 3.04. The highest BCUT2D eigenvalue weighted by atomic mass is 16.5. The molecule has 0 aliphatic carbocycles. The monoisotopic (exact) mass is 604 g/mol. The average Bonchev–Trinajstić information content (AvgIpc) is 2.95. The van der Waals surface area contributed by atoms with Gasteiger partial charge in [0.05, 0.1) is 20.3 Å². The number of esters is 2. The Morgan fingerprint density at radius 1 is 0.953 bits per heavy atom. The van der Waals surface area contributed by atoms with Gasteiger partial charge in [-0.15, -0.1) is 0 Å². The van der Waals surface area contributed by atoms with E-state index in [0.29, 0.717) is 0 Å². The Bertz CT molecular complexity index is 1170. The number of hydrogen-bond acceptors (Lipinski definition) is 9. The second-order valence-corrected chi connectivity index (χ2v) is 12.1. The lowest BCUT2D eigenvalue weighted by molar-refractivity contribution is -0.146. The highest BCUT2D eigenvalue weighted by Crippen LogP contribution is 2.29. The van der Waals surface area contributed by atoms with Gasteiger partial charge in [0.15, 0.2) is 0 Å². The van der Waals surface area contributed by atoms with Crippen molar-refractivity contribution in [3.05, 3.63) is 41.5 Å². The van der Waals surface area contributed by atoms with E-state index in [1.165, 1.54) is 32.1 Å². The van der Waals surface area contributed by atoms with Gasteiger partial charge in [-0.2, -0.15) is 0 Å². The minimum atomic E-state index is -1.05. The molecule has 0 aliphatic heterocycles. The molecule has 0 bridgehead atoms. The van der Waals surface area contributed by atoms with E-state index in [4.69, 9.17) is 4.74 Å². The molecule has 0 saturated carbocycles. The summed E-state index contributed by atoms with van der Waals surface area (Å²) in [7, 11) is 5.65. The van der Waals surface area contributed by atoms with E-state index in [2.05, 4.69) is 20.7 Å². The first-order valence-electron chi connectivity index (χ1n) is 14.0. The van der Waals surface area contributed by atoms with Crippen molar-refractivity contribution in [1.82, 2.24) is 20.9 Å². The fraction of sp³-hybridized carbons (Fsp3) is 0.581. The van der Waals surface area contributed by atoms with Crippen LogP contribution in [-0.2, 0) is 38.9 Å². The number of hydrogen-bond donors (Lipinski definition) is 4. The molecule has 1 rings (SSSR count). The Labute approximate surface area is 254 Å². The number of carbonyl (C=O) groups is 5. The molecule has 0 radical (unpaired) electrons. The van der Waals surface area contributed by atoms with Crippen molar-refractivity contribution >= 4 is 29.7 Å². The molecule has 0 heterocycles. The molecule has 12 heteroatoms. The lowest BCUT2D eigenvalue weighted by atomic mass is 9.76. The summed E-state index contributed by atoms with van der Waals surface area (Å²) >= 11 is 0. The van der Waals surface area contributed by atoms with Crippen molar-refractivity contribution in [1.29, 1.82) is 0 Å². The van der Waals surface area contributed by atoms with Crippen molar-refractivity contribution in [2.45, 2.75) is 77.9 Å². The molecular weight excluding hydrogens is 556 g/mol. The maximum Gasteiger partial charge on any atom is 0.328 e. The van der Waals surface area contributed by atoms with Gasteiger partial charge in [-0.25, -0.2) is 4.79 Å². The molecule has 12 nitrogen and oxygen atoms in total. The zero-order valence-electron chi connectivity index (χ0n) is 27.0. The average molecular weight is 605 g/mol. The van der Waals surface area contributed by atoms with E-state index in [9.17, 15) is 29.1 Å². The SMILES string of the molecule is CNC(C(=O)NC(C(=O)N(C)C/C=C(\C)C(=O)NC(CCC(=O)OC)C(=O)OC)C(C)(C)C)C(C)(C)c1ccc(O)cc1. The van der Waals surface area contributed by atoms with Crippen LogP contribution < -0.4 is 16.0 Å². The van der Waals surface area contributed by atoms with Gasteiger partial charge >= 0.3 is 11.9 Å². The van der Waals surface area contributed by atoms with Crippen LogP contribution in [0.3, 0.4) is 0 Å². The van der Waals surface area contributed by atoms with Gasteiger partial charge in [-0.05, 0) is 43.5 Å². The molecule has 0 spiro atoms. The van der Waals surface area contributed by atoms with Crippen LogP contribution in [0.25, 0.3) is 0 Å². The summed E-state index contributed by atoms with van der Waals surface area (Å²) in [5.41, 5.74) is -0.260. The van der Waals surface area contributed by atoms with Crippen molar-refractivity contribution in [3.8, 4) is 5.75 Å². The van der Waals surface area contributed by atoms with E-state index in [0.717, 1.165) is 5.56 Å². The third-order valence-electron chi connectivity index (χ3n) is 7.34. The van der Waals surface area contributed by atoms with Gasteiger partial charge < -0.3 is 35.4 Å². The molecule has 3 unspecified atom stereocenters. The van der Waals surface area contributed by atoms with Crippen LogP contribution in [0.1, 0.15) is 59.9 Å². The number of aromatic hydroxyl groups is 1. The van der Waals surface area contributed by atoms with Crippen molar-refractivity contribution in [2.75, 3.05) is 34.9 Å². The van der Waals surface area contributed by atoms with E-state index >= 15 is 0 Å². The van der Waals surface area contributed by atoms with E-state index in [1.54, 1.807) is 38.4 Å². The Morgan fingerprint density at radius 3 is 2.02 bits per heavy atom. The van der Waals surface area contributed by atoms with Gasteiger partial charge in [0.1, 0.15) is 17.8 Å². The number of phenols is 1. The number of nitrogens with one attached hydrogen (secondary N) is 3. The van der Waals surface area contributed by atoms with Crippen molar-refractivity contribution in [2.24, 2.45) is 5.41 Å². The molecule has 1 aromatic carbocycles. The van der Waals surface area contributed by atoms with Gasteiger partial charge in [0.2, 0.25) is 17.7 Å². The van der Waals surface area contributed by atoms with Crippen LogP contribution in [0.2, 0.25) is 0 Å². The molecule has 240 valence electrons. The molecule has 1 aromatic rings. The second kappa shape index (κ2) is 16.1. The summed E-state index contributed by atoms with van der Waals surface area (Å²) in [5.74, 6) is -2.39. The topological polar surface area (TPSA) is 163 Å². The highest BCUT2D eigenvalue weighted by Gasteiger charge is 2.40. The first-order chi connectivity index (χ1) is 19.9. The van der Waals surface area contributed by atoms with Crippen LogP contribution in [0.5, 0.6) is 5.75 Å². The second-order valence-electron chi connectivity index (χ2n) is 12.1. The number of phenolic OH excluding ortho intramolecular Hbond substituents is 1. The van der Waals surface area contributed by atoms with Crippen LogP contribution >= 0.6 is 0 Å². The summed E-state index contributed by atoms with van der Waals surface area (Å²) in [6.45, 7) is 10.9. The first-order valence-corrected chi connectivity index (χ1v) is 14.0. The summed E-state index contributed by atoms with van der Waals surface area (Å²) in [5, 5.41) is 18.2. The third-order valence-corrected chi connectivity index (χ3v) is 7.34. The van der Waals surface area contributed by atoms with E-state index in [-0.39, 0.29) is 42.5 Å². The molecule has 0 saturated heterocycles. The minimum absolute atomic E-state index is 0.000870. The van der Waals surface area contributed by atoms with Crippen LogP contribution in [0.15, 0.2) is 35.9 Å². The number of benzene rings is 1. The predicted molar refractivity (Wildman–Crippen MR) is 162 cm³/mol. The lowest BCUT2D eigenvalue weighted by Gasteiger charge is -2.38. The predicted octanol–water partition coefficient (Wildman–Crippen LogP) is 1.80. The zero-order chi connectivity index (χ0) is 33.1. The van der Waals surface area contributed by atoms with Crippen LogP contribution in [0, 0.1) is 5.41 Å². The first kappa shape index (κ1) is 37.1. The largest absolute Gasteiger partial charge is 0.508 e. The van der Waals surface area contributed by atoms with Crippen molar-refractivity contribution in [3.63, 3.8) is 0 Å². The minimum Gasteiger partial charge on any atom is -0.508 e. The van der Waals surface area contributed by atoms with E-state index in [1.807, 2.05) is 34.6 Å². The maximum atomic E-state index is 13.6. The van der Waals surface area contributed by atoms with Crippen molar-refractivity contribution < 1.29 is 38.6 Å². The summed E-state index contributed by atoms with van der Waals surface area (Å²) < 4.78 is 9.32. The Hall–Kier alpha value is -3.93. The third kappa shape index (κ3) is 10.7. The molecular formula is C31H48N4O8. The fourth-order valence-electron chi connectivity index (χ4n) is 4.46. The standard InChI is InChI=1S/C31H48N4O8/c1-19(26(38)33-22(29(41)43-10)15-16-23(37)42-9)17-18-35(8)28(40)25(30(2,3)4)34-27(39)24(32-7)31(5,6)20-11-13-21(36)14-12-20/h11-14,17,22,24-25,32,36H,15-16,18H2,1-10H3,(H,33,38)(H,34,39)/b19-17+. The number of carbonyl (C=O) groups excluding carboxylic acids is 5. The molecule has 43 heavy (non-hydrogen) atoms. The maximum absolute atomic E-state index is 13.6. The van der Waals surface area contributed by atoms with Gasteiger partial charge in [-0.1, -0.05) is 52.8 Å². The highest BCUT2D eigenvalue weighted by molar-refractivity contribution is 5.96. The number of rotatable bonds is 14. The van der Waals surface area contributed by atoms with Crippen LogP contribution in [-0.4, -0.2) is 92.7 Å². The molecule has 4 N–H and O–H groups in total. The summed E-state index contributed by atoms with van der Waals surface area (Å²) in [4.78, 5) is 64.9. The number of ether oxygens (including phenoxy) is 2. The zero-order valence-corrected chi connectivity index (χ0v) is 27.0. The number of nitrogens with zero attached hydrogens (tertiary/aromatic N) is 1. The fourth-order valence-corrected chi connectivity index (χ4v) is 4.46. The van der Waals surface area contributed by atoms with Gasteiger partial charge in [0.25, 0.3) is 0 Å². The molecule has 0 aromatic heterocycles. The molecule has 0 aliphatic rings. The lowest BCUT2D eigenvalue weighted by Crippen LogP contribution is -2.60. The number of methoxy groups -OCH3 is 2. The normalized spacial score (nSPS) is 14.1. The summed E-state index contributed by atoms with van der Waals surface area (Å²) in [6, 6.07) is 3.99. The molecule has 3 atom stereocenters. The van der Waals surface area contributed by atoms with Gasteiger partial charge in [0, 0.05) is 31.0 Å². The number of likely N-dealkylation sites (N-methyl/N-ethyl adjacent to an activating group) is 2. The van der Waals surface area contributed by atoms with E-state index < -0.39 is 46.8 Å². The Morgan fingerprint density at radius 2 is 1.53 bits per heavy atom. The van der Waals surface area contributed by atoms with Gasteiger partial charge in [-0.3, -0.25) is 19.2 Å². The summed E-state index contributed by atoms with van der Waals surface area (Å²) in [6.07, 6.45) is 1.45. The van der Waals surface area contributed by atoms with Crippen LogP contribution in [0.4, 0.5) is 0 Å². The molecule has 3 amide bonds.